The summed E-state index contributed by atoms with van der Waals surface area (Å²) in [6.07, 6.45) is 0. The first-order valence-corrected chi connectivity index (χ1v) is 5.45. The molecule has 1 atom stereocenters. The molecule has 94 valence electrons. The first-order valence-electron chi connectivity index (χ1n) is 5.45. The van der Waals surface area contributed by atoms with Crippen molar-refractivity contribution in [2.24, 2.45) is 5.73 Å². The highest BCUT2D eigenvalue weighted by Crippen LogP contribution is 2.24. The van der Waals surface area contributed by atoms with E-state index in [1.807, 2.05) is 0 Å². The highest BCUT2D eigenvalue weighted by atomic mass is 19.2. The van der Waals surface area contributed by atoms with Crippen LogP contribution in [0.25, 0.3) is 0 Å². The molecule has 2 rings (SSSR count). The third-order valence-corrected chi connectivity index (χ3v) is 2.88. The Kier molecular flexibility index (Phi) is 3.39. The number of rotatable bonds is 2. The zero-order valence-corrected chi connectivity index (χ0v) is 9.75. The third kappa shape index (κ3) is 2.38. The molecule has 2 N–H and O–H groups in total. The van der Waals surface area contributed by atoms with Crippen LogP contribution in [0.3, 0.4) is 0 Å². The number of aryl methyl sites for hydroxylation is 1. The Morgan fingerprint density at radius 3 is 2.33 bits per heavy atom. The molecule has 2 aromatic rings. The van der Waals surface area contributed by atoms with E-state index in [0.29, 0.717) is 11.1 Å². The lowest BCUT2D eigenvalue weighted by molar-refractivity contribution is 0.506. The van der Waals surface area contributed by atoms with Crippen LogP contribution in [0.15, 0.2) is 36.4 Å². The first-order chi connectivity index (χ1) is 8.49. The molecule has 1 unspecified atom stereocenters. The molecule has 0 aliphatic heterocycles. The number of benzene rings is 2. The van der Waals surface area contributed by atoms with Gasteiger partial charge in [-0.15, -0.1) is 0 Å². The predicted octanol–water partition coefficient (Wildman–Crippen LogP) is 3.46. The van der Waals surface area contributed by atoms with Gasteiger partial charge in [0.1, 0.15) is 5.82 Å². The molecular formula is C14H12F3N. The topological polar surface area (TPSA) is 26.0 Å². The van der Waals surface area contributed by atoms with Crippen LogP contribution in [-0.4, -0.2) is 0 Å². The Balaban J connectivity index is 2.44. The van der Waals surface area contributed by atoms with Gasteiger partial charge >= 0.3 is 0 Å². The summed E-state index contributed by atoms with van der Waals surface area (Å²) >= 11 is 0. The molecule has 0 spiro atoms. The molecule has 2 aromatic carbocycles. The lowest BCUT2D eigenvalue weighted by Gasteiger charge is -2.15. The van der Waals surface area contributed by atoms with Gasteiger partial charge in [0.25, 0.3) is 0 Å². The minimum absolute atomic E-state index is 0.405. The van der Waals surface area contributed by atoms with Gasteiger partial charge in [-0.05, 0) is 47.9 Å². The van der Waals surface area contributed by atoms with Gasteiger partial charge in [0.2, 0.25) is 0 Å². The fourth-order valence-electron chi connectivity index (χ4n) is 1.83. The maximum atomic E-state index is 13.2. The van der Waals surface area contributed by atoms with Crippen molar-refractivity contribution in [1.82, 2.24) is 0 Å². The molecule has 4 heteroatoms. The number of halogens is 3. The van der Waals surface area contributed by atoms with Crippen LogP contribution >= 0.6 is 0 Å². The van der Waals surface area contributed by atoms with Crippen molar-refractivity contribution in [3.8, 4) is 0 Å². The van der Waals surface area contributed by atoms with E-state index in [-0.39, 0.29) is 0 Å². The van der Waals surface area contributed by atoms with Crippen LogP contribution < -0.4 is 5.73 Å². The Morgan fingerprint density at radius 2 is 1.67 bits per heavy atom. The molecule has 0 amide bonds. The summed E-state index contributed by atoms with van der Waals surface area (Å²) in [5, 5.41) is 0. The molecule has 0 fully saturated rings. The van der Waals surface area contributed by atoms with Crippen molar-refractivity contribution in [2.75, 3.05) is 0 Å². The summed E-state index contributed by atoms with van der Waals surface area (Å²) in [6, 6.07) is 7.00. The summed E-state index contributed by atoms with van der Waals surface area (Å²) < 4.78 is 39.1. The van der Waals surface area contributed by atoms with E-state index >= 15 is 0 Å². The van der Waals surface area contributed by atoms with Crippen LogP contribution in [0.5, 0.6) is 0 Å². The van der Waals surface area contributed by atoms with Gasteiger partial charge < -0.3 is 5.73 Å². The Bertz CT molecular complexity index is 581. The van der Waals surface area contributed by atoms with Gasteiger partial charge in [-0.3, -0.25) is 0 Å². The second-order valence-corrected chi connectivity index (χ2v) is 4.15. The molecule has 0 bridgehead atoms. The van der Waals surface area contributed by atoms with Gasteiger partial charge in [0, 0.05) is 0 Å². The Morgan fingerprint density at radius 1 is 0.944 bits per heavy atom. The first kappa shape index (κ1) is 12.6. The molecule has 0 aliphatic rings. The van der Waals surface area contributed by atoms with Crippen LogP contribution in [0.4, 0.5) is 13.2 Å². The molecule has 0 aliphatic carbocycles. The van der Waals surface area contributed by atoms with E-state index < -0.39 is 23.5 Å². The zero-order chi connectivity index (χ0) is 13.3. The van der Waals surface area contributed by atoms with Gasteiger partial charge in [-0.2, -0.15) is 0 Å². The molecule has 0 saturated carbocycles. The quantitative estimate of drug-likeness (QED) is 0.869. The van der Waals surface area contributed by atoms with Crippen molar-refractivity contribution >= 4 is 0 Å². The van der Waals surface area contributed by atoms with Crippen molar-refractivity contribution in [3.05, 3.63) is 70.5 Å². The lowest BCUT2D eigenvalue weighted by Crippen LogP contribution is -2.14. The summed E-state index contributed by atoms with van der Waals surface area (Å²) in [6.45, 7) is 1.79. The molecule has 0 heterocycles. The van der Waals surface area contributed by atoms with Crippen molar-refractivity contribution < 1.29 is 13.2 Å². The average Bonchev–Trinajstić information content (AvgIpc) is 2.35. The van der Waals surface area contributed by atoms with Gasteiger partial charge in [0.15, 0.2) is 11.6 Å². The Hall–Kier alpha value is -1.81. The Labute approximate surface area is 103 Å². The van der Waals surface area contributed by atoms with E-state index in [2.05, 4.69) is 0 Å². The van der Waals surface area contributed by atoms with Gasteiger partial charge in [-0.1, -0.05) is 12.1 Å². The van der Waals surface area contributed by atoms with Crippen molar-refractivity contribution in [3.63, 3.8) is 0 Å². The lowest BCUT2D eigenvalue weighted by atomic mass is 9.95. The van der Waals surface area contributed by atoms with E-state index in [0.717, 1.165) is 17.7 Å². The summed E-state index contributed by atoms with van der Waals surface area (Å²) in [5.41, 5.74) is 7.71. The minimum Gasteiger partial charge on any atom is -0.320 e. The normalized spacial score (nSPS) is 12.5. The number of hydrogen-bond donors (Lipinski definition) is 1. The minimum atomic E-state index is -0.961. The molecule has 0 radical (unpaired) electrons. The highest BCUT2D eigenvalue weighted by molar-refractivity contribution is 5.37. The third-order valence-electron chi connectivity index (χ3n) is 2.88. The average molecular weight is 251 g/mol. The van der Waals surface area contributed by atoms with Gasteiger partial charge in [-0.25, -0.2) is 13.2 Å². The van der Waals surface area contributed by atoms with Crippen molar-refractivity contribution in [2.45, 2.75) is 13.0 Å². The predicted molar refractivity (Wildman–Crippen MR) is 63.5 cm³/mol. The largest absolute Gasteiger partial charge is 0.320 e. The van der Waals surface area contributed by atoms with Crippen LogP contribution in [0, 0.1) is 24.4 Å². The summed E-state index contributed by atoms with van der Waals surface area (Å²) in [7, 11) is 0. The molecule has 0 saturated heterocycles. The van der Waals surface area contributed by atoms with Crippen LogP contribution in [-0.2, 0) is 0 Å². The second kappa shape index (κ2) is 4.82. The smallest absolute Gasteiger partial charge is 0.159 e. The molecule has 0 aromatic heterocycles. The van der Waals surface area contributed by atoms with Gasteiger partial charge in [0.05, 0.1) is 6.04 Å². The summed E-state index contributed by atoms with van der Waals surface area (Å²) in [5.74, 6) is -2.30. The highest BCUT2D eigenvalue weighted by Gasteiger charge is 2.14. The standard InChI is InChI=1S/C14H12F3N/c1-8-2-4-10(15)7-11(8)14(18)9-3-5-12(16)13(17)6-9/h2-7,14H,18H2,1H3. The van der Waals surface area contributed by atoms with E-state index in [1.165, 1.54) is 18.2 Å². The van der Waals surface area contributed by atoms with E-state index in [4.69, 9.17) is 5.73 Å². The molecule has 1 nitrogen and oxygen atoms in total. The SMILES string of the molecule is Cc1ccc(F)cc1C(N)c1ccc(F)c(F)c1. The summed E-state index contributed by atoms with van der Waals surface area (Å²) in [4.78, 5) is 0. The monoisotopic (exact) mass is 251 g/mol. The maximum absolute atomic E-state index is 13.2. The van der Waals surface area contributed by atoms with Crippen LogP contribution in [0.2, 0.25) is 0 Å². The number of nitrogens with two attached hydrogens (primary N) is 1. The number of hydrogen-bond acceptors (Lipinski definition) is 1. The van der Waals surface area contributed by atoms with Crippen LogP contribution in [0.1, 0.15) is 22.7 Å². The van der Waals surface area contributed by atoms with E-state index in [1.54, 1.807) is 13.0 Å². The zero-order valence-electron chi connectivity index (χ0n) is 9.75. The molecular weight excluding hydrogens is 239 g/mol. The fraction of sp³-hybridized carbons (Fsp3) is 0.143. The second-order valence-electron chi connectivity index (χ2n) is 4.15. The maximum Gasteiger partial charge on any atom is 0.159 e. The van der Waals surface area contributed by atoms with Crippen molar-refractivity contribution in [1.29, 1.82) is 0 Å². The fourth-order valence-corrected chi connectivity index (χ4v) is 1.83. The molecule has 18 heavy (non-hydrogen) atoms. The van der Waals surface area contributed by atoms with E-state index in [9.17, 15) is 13.2 Å².